The Morgan fingerprint density at radius 1 is 1.29 bits per heavy atom. The van der Waals surface area contributed by atoms with Gasteiger partial charge in [-0.2, -0.15) is 0 Å². The first kappa shape index (κ1) is 16.3. The van der Waals surface area contributed by atoms with Crippen LogP contribution in [0.25, 0.3) is 0 Å². The van der Waals surface area contributed by atoms with Crippen LogP contribution in [0.1, 0.15) is 30.6 Å². The lowest BCUT2D eigenvalue weighted by atomic mass is 9.97. The van der Waals surface area contributed by atoms with Gasteiger partial charge in [0, 0.05) is 10.6 Å². The number of cyclic esters (lactones) is 1. The lowest BCUT2D eigenvalue weighted by Gasteiger charge is -2.37. The standard InChI is InChI=1S/C18H16ClNO4/c1-2-14(17(21)22)20-15-9-8-12(19)10-13(15)16(24-18(20)23)11-6-4-3-5-7-11/h3-10,14,16H,2H2,1H3,(H,21,22). The van der Waals surface area contributed by atoms with Gasteiger partial charge in [0.1, 0.15) is 6.04 Å². The van der Waals surface area contributed by atoms with Gasteiger partial charge in [-0.05, 0) is 30.2 Å². The van der Waals surface area contributed by atoms with E-state index in [9.17, 15) is 14.7 Å². The van der Waals surface area contributed by atoms with E-state index in [2.05, 4.69) is 0 Å². The molecule has 24 heavy (non-hydrogen) atoms. The van der Waals surface area contributed by atoms with Gasteiger partial charge in [0.15, 0.2) is 6.10 Å². The minimum absolute atomic E-state index is 0.266. The lowest BCUT2D eigenvalue weighted by Crippen LogP contribution is -2.48. The summed E-state index contributed by atoms with van der Waals surface area (Å²) >= 11 is 6.11. The predicted molar refractivity (Wildman–Crippen MR) is 90.4 cm³/mol. The number of anilines is 1. The van der Waals surface area contributed by atoms with Gasteiger partial charge in [0.2, 0.25) is 0 Å². The first-order valence-corrected chi connectivity index (χ1v) is 7.97. The highest BCUT2D eigenvalue weighted by atomic mass is 35.5. The molecule has 1 N–H and O–H groups in total. The van der Waals surface area contributed by atoms with Crippen LogP contribution in [0, 0.1) is 0 Å². The van der Waals surface area contributed by atoms with E-state index in [1.807, 2.05) is 30.3 Å². The monoisotopic (exact) mass is 345 g/mol. The van der Waals surface area contributed by atoms with E-state index in [0.717, 1.165) is 5.56 Å². The molecule has 0 aromatic heterocycles. The van der Waals surface area contributed by atoms with Crippen LogP contribution in [0.5, 0.6) is 0 Å². The summed E-state index contributed by atoms with van der Waals surface area (Å²) in [5.41, 5.74) is 1.99. The van der Waals surface area contributed by atoms with Gasteiger partial charge in [0.05, 0.1) is 5.69 Å². The number of benzene rings is 2. The SMILES string of the molecule is CCC(C(=O)O)N1C(=O)OC(c2ccccc2)c2cc(Cl)ccc21. The van der Waals surface area contributed by atoms with Crippen molar-refractivity contribution in [3.63, 3.8) is 0 Å². The molecule has 0 radical (unpaired) electrons. The molecule has 2 aromatic rings. The number of nitrogens with zero attached hydrogens (tertiary/aromatic N) is 1. The Hall–Kier alpha value is -2.53. The van der Waals surface area contributed by atoms with Crippen LogP contribution >= 0.6 is 11.6 Å². The Labute approximate surface area is 144 Å². The van der Waals surface area contributed by atoms with Gasteiger partial charge >= 0.3 is 12.1 Å². The Bertz CT molecular complexity index is 778. The molecule has 5 nitrogen and oxygen atoms in total. The lowest BCUT2D eigenvalue weighted by molar-refractivity contribution is -0.138. The molecule has 1 amide bonds. The molecule has 6 heteroatoms. The number of amides is 1. The highest BCUT2D eigenvalue weighted by molar-refractivity contribution is 6.30. The normalized spacial score (nSPS) is 17.8. The molecule has 0 spiro atoms. The largest absolute Gasteiger partial charge is 0.480 e. The van der Waals surface area contributed by atoms with Gasteiger partial charge in [-0.15, -0.1) is 0 Å². The summed E-state index contributed by atoms with van der Waals surface area (Å²) in [7, 11) is 0. The zero-order valence-electron chi connectivity index (χ0n) is 13.0. The third-order valence-electron chi connectivity index (χ3n) is 4.03. The summed E-state index contributed by atoms with van der Waals surface area (Å²) in [6.45, 7) is 1.71. The van der Waals surface area contributed by atoms with Crippen LogP contribution in [-0.4, -0.2) is 23.2 Å². The third-order valence-corrected chi connectivity index (χ3v) is 4.27. The van der Waals surface area contributed by atoms with Gasteiger partial charge < -0.3 is 9.84 Å². The van der Waals surface area contributed by atoms with Crippen LogP contribution in [0.3, 0.4) is 0 Å². The first-order chi connectivity index (χ1) is 11.5. The maximum absolute atomic E-state index is 12.5. The van der Waals surface area contributed by atoms with Crippen molar-refractivity contribution in [1.29, 1.82) is 0 Å². The number of ether oxygens (including phenoxy) is 1. The smallest absolute Gasteiger partial charge is 0.416 e. The first-order valence-electron chi connectivity index (χ1n) is 7.60. The Balaban J connectivity index is 2.14. The fourth-order valence-electron chi connectivity index (χ4n) is 2.91. The van der Waals surface area contributed by atoms with Crippen molar-refractivity contribution in [3.8, 4) is 0 Å². The minimum atomic E-state index is -1.08. The molecule has 124 valence electrons. The molecule has 2 aromatic carbocycles. The highest BCUT2D eigenvalue weighted by Gasteiger charge is 2.39. The number of carbonyl (C=O) groups excluding carboxylic acids is 1. The van der Waals surface area contributed by atoms with Gasteiger partial charge in [0.25, 0.3) is 0 Å². The van der Waals surface area contributed by atoms with E-state index >= 15 is 0 Å². The second kappa shape index (κ2) is 6.53. The van der Waals surface area contributed by atoms with Crippen LogP contribution in [-0.2, 0) is 9.53 Å². The number of carbonyl (C=O) groups is 2. The zero-order valence-corrected chi connectivity index (χ0v) is 13.7. The molecule has 1 aliphatic rings. The van der Waals surface area contributed by atoms with Crippen LogP contribution in [0.2, 0.25) is 5.02 Å². The number of aliphatic carboxylic acids is 1. The zero-order chi connectivity index (χ0) is 17.3. The van der Waals surface area contributed by atoms with Gasteiger partial charge in [-0.1, -0.05) is 48.9 Å². The number of hydrogen-bond acceptors (Lipinski definition) is 3. The van der Waals surface area contributed by atoms with Crippen molar-refractivity contribution in [1.82, 2.24) is 0 Å². The van der Waals surface area contributed by atoms with E-state index in [4.69, 9.17) is 16.3 Å². The van der Waals surface area contributed by atoms with Crippen molar-refractivity contribution >= 4 is 29.4 Å². The molecule has 0 saturated heterocycles. The van der Waals surface area contributed by atoms with Crippen LogP contribution in [0.15, 0.2) is 48.5 Å². The van der Waals surface area contributed by atoms with Gasteiger partial charge in [-0.3, -0.25) is 4.90 Å². The average molecular weight is 346 g/mol. The third kappa shape index (κ3) is 2.83. The van der Waals surface area contributed by atoms with E-state index in [-0.39, 0.29) is 6.42 Å². The number of rotatable bonds is 4. The molecule has 1 aliphatic heterocycles. The van der Waals surface area contributed by atoms with E-state index < -0.39 is 24.2 Å². The molecular weight excluding hydrogens is 330 g/mol. The number of hydrogen-bond donors (Lipinski definition) is 1. The Kier molecular flexibility index (Phi) is 4.44. The van der Waals surface area contributed by atoms with E-state index in [1.54, 1.807) is 25.1 Å². The van der Waals surface area contributed by atoms with Crippen molar-refractivity contribution in [2.24, 2.45) is 0 Å². The van der Waals surface area contributed by atoms with Crippen molar-refractivity contribution < 1.29 is 19.4 Å². The summed E-state index contributed by atoms with van der Waals surface area (Å²) in [4.78, 5) is 25.3. The van der Waals surface area contributed by atoms with E-state index in [1.165, 1.54) is 4.90 Å². The Morgan fingerprint density at radius 2 is 2.00 bits per heavy atom. The summed E-state index contributed by atoms with van der Waals surface area (Å²) in [6.07, 6.45) is -1.02. The molecule has 2 atom stereocenters. The summed E-state index contributed by atoms with van der Waals surface area (Å²) < 4.78 is 5.56. The second-order valence-electron chi connectivity index (χ2n) is 5.51. The summed E-state index contributed by atoms with van der Waals surface area (Å²) in [5, 5.41) is 9.93. The minimum Gasteiger partial charge on any atom is -0.480 e. The highest BCUT2D eigenvalue weighted by Crippen LogP contribution is 2.41. The van der Waals surface area contributed by atoms with E-state index in [0.29, 0.717) is 16.3 Å². The molecule has 2 unspecified atom stereocenters. The molecular formula is C18H16ClNO4. The van der Waals surface area contributed by atoms with Crippen LogP contribution < -0.4 is 4.90 Å². The van der Waals surface area contributed by atoms with Crippen LogP contribution in [0.4, 0.5) is 10.5 Å². The number of fused-ring (bicyclic) bond motifs is 1. The fourth-order valence-corrected chi connectivity index (χ4v) is 3.09. The summed E-state index contributed by atoms with van der Waals surface area (Å²) in [6, 6.07) is 13.3. The fraction of sp³-hybridized carbons (Fsp3) is 0.222. The van der Waals surface area contributed by atoms with Gasteiger partial charge in [-0.25, -0.2) is 9.59 Å². The summed E-state index contributed by atoms with van der Waals surface area (Å²) in [5.74, 6) is -1.08. The molecule has 3 rings (SSSR count). The molecule has 0 bridgehead atoms. The maximum atomic E-state index is 12.5. The number of halogens is 1. The van der Waals surface area contributed by atoms with Crippen molar-refractivity contribution in [3.05, 3.63) is 64.7 Å². The molecule has 0 fully saturated rings. The topological polar surface area (TPSA) is 66.8 Å². The second-order valence-corrected chi connectivity index (χ2v) is 5.95. The number of carboxylic acid groups (broad SMARTS) is 1. The average Bonchev–Trinajstić information content (AvgIpc) is 2.57. The predicted octanol–water partition coefficient (Wildman–Crippen LogP) is 4.25. The molecule has 1 heterocycles. The molecule has 0 saturated carbocycles. The number of carboxylic acids is 1. The maximum Gasteiger partial charge on any atom is 0.416 e. The molecule has 0 aliphatic carbocycles. The quantitative estimate of drug-likeness (QED) is 0.899. The van der Waals surface area contributed by atoms with Crippen molar-refractivity contribution in [2.75, 3.05) is 4.90 Å². The van der Waals surface area contributed by atoms with Crippen molar-refractivity contribution in [2.45, 2.75) is 25.5 Å². The Morgan fingerprint density at radius 3 is 2.62 bits per heavy atom.